The fraction of sp³-hybridized carbons (Fsp3) is 0.179. The topological polar surface area (TPSA) is 122 Å². The molecule has 0 saturated carbocycles. The first kappa shape index (κ1) is 26.8. The van der Waals surface area contributed by atoms with Crippen LogP contribution in [0.15, 0.2) is 48.5 Å². The highest BCUT2D eigenvalue weighted by Gasteiger charge is 2.12. The highest BCUT2D eigenvalue weighted by Crippen LogP contribution is 2.39. The van der Waals surface area contributed by atoms with Crippen LogP contribution in [0.1, 0.15) is 16.7 Å². The van der Waals surface area contributed by atoms with Crippen LogP contribution < -0.4 is 34.7 Å². The molecule has 0 atom stereocenters. The second-order valence-electron chi connectivity index (χ2n) is 7.74. The van der Waals surface area contributed by atoms with E-state index in [1.807, 2.05) is 24.3 Å². The van der Waals surface area contributed by atoms with E-state index >= 15 is 0 Å². The van der Waals surface area contributed by atoms with E-state index in [-0.39, 0.29) is 11.4 Å². The lowest BCUT2D eigenvalue weighted by molar-refractivity contribution is -0.111. The van der Waals surface area contributed by atoms with Crippen LogP contribution in [0.3, 0.4) is 0 Å². The average molecular weight is 507 g/mol. The molecule has 3 aromatic carbocycles. The SMILES string of the molecule is COc1cc(/C=C/C(=O)Nc2ccc(/C=C/c3cc(OC)c(OC)c(OC)c3)cc2O)cc(N)c1OC. The van der Waals surface area contributed by atoms with Crippen molar-refractivity contribution in [3.8, 4) is 34.5 Å². The molecule has 0 spiro atoms. The van der Waals surface area contributed by atoms with Crippen molar-refractivity contribution in [2.45, 2.75) is 0 Å². The third-order valence-electron chi connectivity index (χ3n) is 5.39. The molecule has 3 rings (SSSR count). The summed E-state index contributed by atoms with van der Waals surface area (Å²) in [6.45, 7) is 0. The van der Waals surface area contributed by atoms with Crippen LogP contribution in [0.2, 0.25) is 0 Å². The number of methoxy groups -OCH3 is 5. The van der Waals surface area contributed by atoms with Crippen molar-refractivity contribution >= 4 is 35.5 Å². The number of phenols is 1. The molecule has 3 aromatic rings. The van der Waals surface area contributed by atoms with E-state index in [0.717, 1.165) is 11.1 Å². The number of nitrogen functional groups attached to an aromatic ring is 1. The largest absolute Gasteiger partial charge is 0.506 e. The van der Waals surface area contributed by atoms with Crippen molar-refractivity contribution in [3.05, 3.63) is 65.2 Å². The highest BCUT2D eigenvalue weighted by molar-refractivity contribution is 6.03. The molecule has 9 heteroatoms. The summed E-state index contributed by atoms with van der Waals surface area (Å²) in [5, 5.41) is 13.1. The fourth-order valence-corrected chi connectivity index (χ4v) is 3.61. The van der Waals surface area contributed by atoms with Gasteiger partial charge < -0.3 is 39.8 Å². The van der Waals surface area contributed by atoms with Gasteiger partial charge in [0.2, 0.25) is 11.7 Å². The minimum atomic E-state index is -0.427. The molecule has 0 aliphatic rings. The minimum absolute atomic E-state index is 0.0795. The van der Waals surface area contributed by atoms with E-state index in [4.69, 9.17) is 29.4 Å². The molecule has 0 radical (unpaired) electrons. The Balaban J connectivity index is 1.72. The van der Waals surface area contributed by atoms with Gasteiger partial charge in [-0.2, -0.15) is 0 Å². The highest BCUT2D eigenvalue weighted by atomic mass is 16.5. The van der Waals surface area contributed by atoms with Crippen LogP contribution in [-0.2, 0) is 4.79 Å². The summed E-state index contributed by atoms with van der Waals surface area (Å²) in [6.07, 6.45) is 6.57. The molecule has 194 valence electrons. The predicted octanol–water partition coefficient (Wildman–Crippen LogP) is 4.84. The van der Waals surface area contributed by atoms with Crippen molar-refractivity contribution in [1.82, 2.24) is 0 Å². The van der Waals surface area contributed by atoms with E-state index in [9.17, 15) is 9.90 Å². The van der Waals surface area contributed by atoms with Crippen LogP contribution in [0.5, 0.6) is 34.5 Å². The summed E-state index contributed by atoms with van der Waals surface area (Å²) in [7, 11) is 7.64. The molecule has 0 heterocycles. The Morgan fingerprint density at radius 1 is 0.730 bits per heavy atom. The van der Waals surface area contributed by atoms with Gasteiger partial charge in [-0.05, 0) is 59.2 Å². The Bertz CT molecular complexity index is 1310. The first-order chi connectivity index (χ1) is 17.8. The van der Waals surface area contributed by atoms with Crippen molar-refractivity contribution < 1.29 is 33.6 Å². The second-order valence-corrected chi connectivity index (χ2v) is 7.74. The number of rotatable bonds is 10. The lowest BCUT2D eigenvalue weighted by Crippen LogP contribution is -2.07. The van der Waals surface area contributed by atoms with Crippen LogP contribution in [0.25, 0.3) is 18.2 Å². The number of ether oxygens (including phenoxy) is 5. The number of aromatic hydroxyl groups is 1. The first-order valence-electron chi connectivity index (χ1n) is 11.1. The van der Waals surface area contributed by atoms with Gasteiger partial charge >= 0.3 is 0 Å². The maximum atomic E-state index is 12.4. The summed E-state index contributed by atoms with van der Waals surface area (Å²) in [6, 6.07) is 11.9. The molecule has 0 aliphatic carbocycles. The maximum absolute atomic E-state index is 12.4. The number of nitrogens with one attached hydrogen (secondary N) is 1. The van der Waals surface area contributed by atoms with Crippen molar-refractivity contribution in [2.24, 2.45) is 0 Å². The van der Waals surface area contributed by atoms with Gasteiger partial charge in [0.15, 0.2) is 23.0 Å². The molecule has 0 bridgehead atoms. The fourth-order valence-electron chi connectivity index (χ4n) is 3.61. The summed E-state index contributed by atoms with van der Waals surface area (Å²) in [5.74, 6) is 1.94. The molecule has 0 aliphatic heterocycles. The summed E-state index contributed by atoms with van der Waals surface area (Å²) >= 11 is 0. The van der Waals surface area contributed by atoms with Crippen molar-refractivity contribution in [3.63, 3.8) is 0 Å². The van der Waals surface area contributed by atoms with Gasteiger partial charge in [-0.15, -0.1) is 0 Å². The van der Waals surface area contributed by atoms with Crippen LogP contribution in [0.4, 0.5) is 11.4 Å². The number of carbonyl (C=O) groups excluding carboxylic acids is 1. The summed E-state index contributed by atoms with van der Waals surface area (Å²) in [4.78, 5) is 12.4. The molecule has 9 nitrogen and oxygen atoms in total. The first-order valence-corrected chi connectivity index (χ1v) is 11.1. The van der Waals surface area contributed by atoms with E-state index in [1.54, 1.807) is 57.7 Å². The van der Waals surface area contributed by atoms with E-state index < -0.39 is 5.91 Å². The predicted molar refractivity (Wildman–Crippen MR) is 145 cm³/mol. The molecular formula is C28H30N2O7. The molecular weight excluding hydrogens is 476 g/mol. The summed E-state index contributed by atoms with van der Waals surface area (Å²) < 4.78 is 26.6. The third kappa shape index (κ3) is 6.46. The number of nitrogens with two attached hydrogens (primary N) is 1. The smallest absolute Gasteiger partial charge is 0.248 e. The molecule has 37 heavy (non-hydrogen) atoms. The Hall–Kier alpha value is -4.79. The van der Waals surface area contributed by atoms with Gasteiger partial charge in [-0.25, -0.2) is 0 Å². The molecule has 0 fully saturated rings. The Labute approximate surface area is 215 Å². The lowest BCUT2D eigenvalue weighted by atomic mass is 10.1. The zero-order chi connectivity index (χ0) is 26.9. The summed E-state index contributed by atoms with van der Waals surface area (Å²) in [5.41, 5.74) is 8.82. The van der Waals surface area contributed by atoms with Crippen LogP contribution in [-0.4, -0.2) is 46.6 Å². The number of amides is 1. The Kier molecular flexibility index (Phi) is 8.88. The number of benzene rings is 3. The zero-order valence-corrected chi connectivity index (χ0v) is 21.3. The molecule has 0 saturated heterocycles. The monoisotopic (exact) mass is 506 g/mol. The second kappa shape index (κ2) is 12.3. The molecule has 0 aromatic heterocycles. The molecule has 1 amide bonds. The quantitative estimate of drug-likeness (QED) is 0.155. The number of anilines is 2. The van der Waals surface area contributed by atoms with Gasteiger partial charge in [0, 0.05) is 6.08 Å². The Morgan fingerprint density at radius 3 is 1.81 bits per heavy atom. The zero-order valence-electron chi connectivity index (χ0n) is 21.3. The van der Waals surface area contributed by atoms with Gasteiger partial charge in [0.05, 0.1) is 46.9 Å². The van der Waals surface area contributed by atoms with E-state index in [1.165, 1.54) is 20.3 Å². The van der Waals surface area contributed by atoms with Crippen molar-refractivity contribution in [1.29, 1.82) is 0 Å². The molecule has 4 N–H and O–H groups in total. The van der Waals surface area contributed by atoms with Crippen molar-refractivity contribution in [2.75, 3.05) is 46.6 Å². The van der Waals surface area contributed by atoms with Gasteiger partial charge in [-0.3, -0.25) is 4.79 Å². The normalized spacial score (nSPS) is 10.9. The molecule has 0 unspecified atom stereocenters. The maximum Gasteiger partial charge on any atom is 0.248 e. The van der Waals surface area contributed by atoms with Gasteiger partial charge in [0.25, 0.3) is 0 Å². The van der Waals surface area contributed by atoms with Gasteiger partial charge in [0.1, 0.15) is 5.75 Å². The number of hydrogen-bond donors (Lipinski definition) is 3. The van der Waals surface area contributed by atoms with Gasteiger partial charge in [-0.1, -0.05) is 18.2 Å². The number of phenolic OH excluding ortho intramolecular Hbond substituents is 1. The number of hydrogen-bond acceptors (Lipinski definition) is 8. The standard InChI is InChI=1S/C28H30N2O7/c1-33-23-14-18(12-20(29)27(23)36-4)9-11-26(32)30-21-10-8-17(13-22(21)31)6-7-19-15-24(34-2)28(37-5)25(16-19)35-3/h6-16,31H,29H2,1-5H3,(H,30,32)/b7-6+,11-9+. The number of carbonyl (C=O) groups is 1. The van der Waals surface area contributed by atoms with Crippen LogP contribution in [0, 0.1) is 0 Å². The Morgan fingerprint density at radius 2 is 1.27 bits per heavy atom. The average Bonchev–Trinajstić information content (AvgIpc) is 2.90. The van der Waals surface area contributed by atoms with E-state index in [0.29, 0.717) is 40.0 Å². The van der Waals surface area contributed by atoms with E-state index in [2.05, 4.69) is 5.32 Å². The third-order valence-corrected chi connectivity index (χ3v) is 5.39. The lowest BCUT2D eigenvalue weighted by Gasteiger charge is -2.12. The minimum Gasteiger partial charge on any atom is -0.506 e. The van der Waals surface area contributed by atoms with Crippen LogP contribution >= 0.6 is 0 Å².